The first-order chi connectivity index (χ1) is 13.5. The summed E-state index contributed by atoms with van der Waals surface area (Å²) in [5, 5.41) is 4.25. The van der Waals surface area contributed by atoms with Gasteiger partial charge in [-0.05, 0) is 18.6 Å². The molecule has 0 radical (unpaired) electrons. The lowest BCUT2D eigenvalue weighted by Crippen LogP contribution is -2.53. The van der Waals surface area contributed by atoms with Crippen molar-refractivity contribution >= 4 is 5.97 Å². The van der Waals surface area contributed by atoms with Crippen LogP contribution < -0.4 is 5.73 Å². The van der Waals surface area contributed by atoms with Crippen molar-refractivity contribution < 1.29 is 23.0 Å². The van der Waals surface area contributed by atoms with Gasteiger partial charge in [-0.25, -0.2) is 8.78 Å². The maximum absolute atomic E-state index is 14.1. The van der Waals surface area contributed by atoms with E-state index in [-0.39, 0.29) is 42.7 Å². The Kier molecular flexibility index (Phi) is 5.31. The van der Waals surface area contributed by atoms with Crippen molar-refractivity contribution in [2.24, 2.45) is 11.7 Å². The highest BCUT2D eigenvalue weighted by Gasteiger charge is 2.41. The summed E-state index contributed by atoms with van der Waals surface area (Å²) in [6.07, 6.45) is 4.17. The van der Waals surface area contributed by atoms with Gasteiger partial charge in [0, 0.05) is 43.1 Å². The highest BCUT2D eigenvalue weighted by Crippen LogP contribution is 2.36. The predicted molar refractivity (Wildman–Crippen MR) is 96.1 cm³/mol. The number of nitrogens with zero attached hydrogens (tertiary/aromatic N) is 3. The van der Waals surface area contributed by atoms with Gasteiger partial charge in [-0.1, -0.05) is 0 Å². The second-order valence-electron chi connectivity index (χ2n) is 7.58. The van der Waals surface area contributed by atoms with Crippen LogP contribution in [0, 0.1) is 5.92 Å². The molecule has 1 aromatic heterocycles. The zero-order valence-electron chi connectivity index (χ0n) is 15.7. The minimum Gasteiger partial charge on any atom is -0.468 e. The second-order valence-corrected chi connectivity index (χ2v) is 7.58. The number of fused-ring (bicyclic) bond motifs is 1. The normalized spacial score (nSPS) is 30.6. The highest BCUT2D eigenvalue weighted by atomic mass is 19.1. The van der Waals surface area contributed by atoms with Crippen LogP contribution in [0.25, 0.3) is 0 Å². The number of rotatable bonds is 4. The SMILES string of the molecule is COC(=O)Cn1ncc2c1CN([C@H]1CO[C@H](C3CC(F)=CC=C3F)[C@@H](N)C1)C2. The van der Waals surface area contributed by atoms with Crippen molar-refractivity contribution in [2.45, 2.75) is 50.7 Å². The molecule has 3 heterocycles. The third kappa shape index (κ3) is 3.61. The van der Waals surface area contributed by atoms with E-state index in [9.17, 15) is 13.6 Å². The molecule has 1 saturated heterocycles. The van der Waals surface area contributed by atoms with E-state index in [1.165, 1.54) is 7.11 Å². The van der Waals surface area contributed by atoms with E-state index in [2.05, 4.69) is 10.00 Å². The molecule has 0 bridgehead atoms. The fraction of sp³-hybridized carbons (Fsp3) is 0.579. The minimum absolute atomic E-state index is 0.0100. The molecule has 0 saturated carbocycles. The van der Waals surface area contributed by atoms with E-state index in [1.807, 2.05) is 0 Å². The van der Waals surface area contributed by atoms with Gasteiger partial charge in [0.1, 0.15) is 18.2 Å². The van der Waals surface area contributed by atoms with Crippen molar-refractivity contribution in [1.29, 1.82) is 0 Å². The summed E-state index contributed by atoms with van der Waals surface area (Å²) >= 11 is 0. The topological polar surface area (TPSA) is 82.6 Å². The van der Waals surface area contributed by atoms with E-state index in [0.29, 0.717) is 26.1 Å². The molecule has 2 N–H and O–H groups in total. The van der Waals surface area contributed by atoms with E-state index >= 15 is 0 Å². The standard InChI is InChI=1S/C19H24F2N4O3/c1-27-18(26)9-25-17-8-24(7-11(17)6-23-25)13-5-16(22)19(28-10-13)14-4-12(20)2-3-15(14)21/h2-3,6,13-14,16,19H,4-5,7-10,22H2,1H3/t13-,14?,16+,19-/m1/s1. The molecule has 1 fully saturated rings. The van der Waals surface area contributed by atoms with Gasteiger partial charge in [0.2, 0.25) is 0 Å². The van der Waals surface area contributed by atoms with E-state index in [4.69, 9.17) is 15.2 Å². The van der Waals surface area contributed by atoms with Crippen molar-refractivity contribution in [3.63, 3.8) is 0 Å². The Labute approximate surface area is 161 Å². The Morgan fingerprint density at radius 3 is 2.96 bits per heavy atom. The van der Waals surface area contributed by atoms with Gasteiger partial charge in [0.25, 0.3) is 0 Å². The van der Waals surface area contributed by atoms with Crippen molar-refractivity contribution in [3.05, 3.63) is 41.3 Å². The second kappa shape index (κ2) is 7.73. The fourth-order valence-electron chi connectivity index (χ4n) is 4.29. The van der Waals surface area contributed by atoms with Crippen LogP contribution in [0.3, 0.4) is 0 Å². The lowest BCUT2D eigenvalue weighted by atomic mass is 9.85. The summed E-state index contributed by atoms with van der Waals surface area (Å²) in [4.78, 5) is 13.8. The van der Waals surface area contributed by atoms with Crippen LogP contribution in [-0.4, -0.2) is 52.6 Å². The number of methoxy groups -OCH3 is 1. The Hall–Kier alpha value is -2.10. The molecule has 7 nitrogen and oxygen atoms in total. The average molecular weight is 394 g/mol. The van der Waals surface area contributed by atoms with Gasteiger partial charge in [-0.2, -0.15) is 5.10 Å². The zero-order chi connectivity index (χ0) is 19.8. The highest BCUT2D eigenvalue weighted by molar-refractivity contribution is 5.69. The first kappa shape index (κ1) is 19.2. The zero-order valence-corrected chi connectivity index (χ0v) is 15.7. The molecular formula is C19H24F2N4O3. The number of nitrogens with two attached hydrogens (primary N) is 1. The Bertz CT molecular complexity index is 822. The van der Waals surface area contributed by atoms with Gasteiger partial charge >= 0.3 is 5.97 Å². The van der Waals surface area contributed by atoms with Crippen LogP contribution in [0.5, 0.6) is 0 Å². The number of carbonyl (C=O) groups is 1. The van der Waals surface area contributed by atoms with E-state index in [0.717, 1.165) is 23.4 Å². The molecule has 1 aliphatic carbocycles. The molecule has 3 aliphatic rings. The number of halogens is 2. The summed E-state index contributed by atoms with van der Waals surface area (Å²) in [6.45, 7) is 1.81. The molecule has 9 heteroatoms. The monoisotopic (exact) mass is 394 g/mol. The summed E-state index contributed by atoms with van der Waals surface area (Å²) < 4.78 is 40.0. The molecule has 4 atom stereocenters. The molecule has 1 unspecified atom stereocenters. The minimum atomic E-state index is -0.662. The lowest BCUT2D eigenvalue weighted by molar-refractivity contribution is -0.141. The molecule has 152 valence electrons. The maximum atomic E-state index is 14.1. The van der Waals surface area contributed by atoms with E-state index < -0.39 is 12.0 Å². The molecule has 2 aliphatic heterocycles. The first-order valence-electron chi connectivity index (χ1n) is 9.39. The molecule has 1 aromatic rings. The Morgan fingerprint density at radius 1 is 1.39 bits per heavy atom. The van der Waals surface area contributed by atoms with Crippen LogP contribution in [0.15, 0.2) is 30.0 Å². The maximum Gasteiger partial charge on any atom is 0.327 e. The van der Waals surface area contributed by atoms with Crippen LogP contribution in [0.1, 0.15) is 24.1 Å². The van der Waals surface area contributed by atoms with Gasteiger partial charge in [0.15, 0.2) is 0 Å². The van der Waals surface area contributed by atoms with Gasteiger partial charge in [0.05, 0.1) is 31.7 Å². The number of ether oxygens (including phenoxy) is 2. The Balaban J connectivity index is 1.38. The third-order valence-electron chi connectivity index (χ3n) is 5.82. The average Bonchev–Trinajstić information content (AvgIpc) is 3.26. The largest absolute Gasteiger partial charge is 0.468 e. The summed E-state index contributed by atoms with van der Waals surface area (Å²) in [7, 11) is 1.35. The number of hydrogen-bond acceptors (Lipinski definition) is 6. The number of aromatic nitrogens is 2. The van der Waals surface area contributed by atoms with Gasteiger partial charge in [-0.3, -0.25) is 14.4 Å². The number of allylic oxidation sites excluding steroid dienone is 3. The molecule has 0 spiro atoms. The molecule has 0 aromatic carbocycles. The van der Waals surface area contributed by atoms with Crippen molar-refractivity contribution in [3.8, 4) is 0 Å². The summed E-state index contributed by atoms with van der Waals surface area (Å²) in [6, 6.07) is -0.315. The first-order valence-corrected chi connectivity index (χ1v) is 9.39. The van der Waals surface area contributed by atoms with Gasteiger partial charge < -0.3 is 15.2 Å². The molecule has 4 rings (SSSR count). The van der Waals surface area contributed by atoms with Crippen LogP contribution in [0.2, 0.25) is 0 Å². The fourth-order valence-corrected chi connectivity index (χ4v) is 4.29. The van der Waals surface area contributed by atoms with Crippen LogP contribution in [0.4, 0.5) is 8.78 Å². The summed E-state index contributed by atoms with van der Waals surface area (Å²) in [5.74, 6) is -1.74. The predicted octanol–water partition coefficient (Wildman–Crippen LogP) is 1.58. The van der Waals surface area contributed by atoms with Gasteiger partial charge in [-0.15, -0.1) is 0 Å². The van der Waals surface area contributed by atoms with Crippen molar-refractivity contribution in [2.75, 3.05) is 13.7 Å². The smallest absolute Gasteiger partial charge is 0.327 e. The van der Waals surface area contributed by atoms with Crippen LogP contribution >= 0.6 is 0 Å². The number of hydrogen-bond donors (Lipinski definition) is 1. The molecular weight excluding hydrogens is 370 g/mol. The van der Waals surface area contributed by atoms with Crippen molar-refractivity contribution in [1.82, 2.24) is 14.7 Å². The number of carbonyl (C=O) groups excluding carboxylic acids is 1. The quantitative estimate of drug-likeness (QED) is 0.781. The molecule has 0 amide bonds. The third-order valence-corrected chi connectivity index (χ3v) is 5.82. The molecule has 28 heavy (non-hydrogen) atoms. The lowest BCUT2D eigenvalue weighted by Gasteiger charge is -2.41. The summed E-state index contributed by atoms with van der Waals surface area (Å²) in [5.41, 5.74) is 8.35. The Morgan fingerprint density at radius 2 is 2.21 bits per heavy atom. The van der Waals surface area contributed by atoms with E-state index in [1.54, 1.807) is 10.9 Å². The van der Waals surface area contributed by atoms with Crippen LogP contribution in [-0.2, 0) is 33.9 Å². The number of esters is 1.